The van der Waals surface area contributed by atoms with Crippen molar-refractivity contribution in [3.63, 3.8) is 0 Å². The Bertz CT molecular complexity index is 859. The molecule has 130 valence electrons. The van der Waals surface area contributed by atoms with Crippen molar-refractivity contribution in [1.29, 1.82) is 0 Å². The smallest absolute Gasteiger partial charge is 0.212 e. The van der Waals surface area contributed by atoms with Crippen molar-refractivity contribution in [3.05, 3.63) is 51.0 Å². The number of allylic oxidation sites excluding steroid dienone is 1. The number of aromatic nitrogens is 2. The van der Waals surface area contributed by atoms with E-state index in [1.807, 2.05) is 6.92 Å². The maximum atomic E-state index is 12.9. The summed E-state index contributed by atoms with van der Waals surface area (Å²) in [6.45, 7) is 1.91. The fourth-order valence-corrected chi connectivity index (χ4v) is 4.30. The first kappa shape index (κ1) is 17.8. The number of hydrogen-bond acceptors (Lipinski definition) is 7. The fourth-order valence-electron chi connectivity index (χ4n) is 2.57. The molecule has 0 fully saturated rings. The molecule has 3 rings (SSSR count). The SMILES string of the molecule is CCSC(=O)Cc1nc2c(s1)C(=O)C(=C(O)c1ccc(F)nc1)CC2. The summed E-state index contributed by atoms with van der Waals surface area (Å²) >= 11 is 2.43. The monoisotopic (exact) mass is 378 g/mol. The van der Waals surface area contributed by atoms with Gasteiger partial charge >= 0.3 is 0 Å². The molecule has 0 aliphatic heterocycles. The maximum Gasteiger partial charge on any atom is 0.212 e. The van der Waals surface area contributed by atoms with Gasteiger partial charge in [0.15, 0.2) is 5.12 Å². The maximum absolute atomic E-state index is 12.9. The zero-order valence-electron chi connectivity index (χ0n) is 13.4. The summed E-state index contributed by atoms with van der Waals surface area (Å²) in [6.07, 6.45) is 2.26. The van der Waals surface area contributed by atoms with E-state index >= 15 is 0 Å². The van der Waals surface area contributed by atoms with Crippen molar-refractivity contribution in [2.45, 2.75) is 26.2 Å². The number of carbonyl (C=O) groups is 2. The molecule has 2 aromatic rings. The number of aryl methyl sites for hydroxylation is 1. The van der Waals surface area contributed by atoms with E-state index in [4.69, 9.17) is 0 Å². The van der Waals surface area contributed by atoms with E-state index < -0.39 is 5.95 Å². The molecule has 0 radical (unpaired) electrons. The molecule has 25 heavy (non-hydrogen) atoms. The number of thiazole rings is 1. The first-order chi connectivity index (χ1) is 12.0. The van der Waals surface area contributed by atoms with E-state index in [2.05, 4.69) is 9.97 Å². The van der Waals surface area contributed by atoms with Gasteiger partial charge in [-0.25, -0.2) is 9.97 Å². The third-order valence-corrected chi connectivity index (χ3v) is 5.57. The van der Waals surface area contributed by atoms with Crippen LogP contribution in [0.3, 0.4) is 0 Å². The minimum absolute atomic E-state index is 0.0250. The summed E-state index contributed by atoms with van der Waals surface area (Å²) in [5.74, 6) is -0.423. The number of Topliss-reactive ketones (excluding diaryl/α,β-unsaturated/α-hetero) is 1. The topological polar surface area (TPSA) is 80.2 Å². The van der Waals surface area contributed by atoms with E-state index in [9.17, 15) is 19.1 Å². The van der Waals surface area contributed by atoms with Crippen LogP contribution >= 0.6 is 23.1 Å². The van der Waals surface area contributed by atoms with Crippen LogP contribution in [0.5, 0.6) is 0 Å². The molecule has 0 amide bonds. The van der Waals surface area contributed by atoms with Gasteiger partial charge in [-0.3, -0.25) is 9.59 Å². The molecular formula is C17H15FN2O3S2. The van der Waals surface area contributed by atoms with Crippen molar-refractivity contribution < 1.29 is 19.1 Å². The molecule has 0 saturated carbocycles. The van der Waals surface area contributed by atoms with Crippen molar-refractivity contribution >= 4 is 39.8 Å². The molecule has 0 spiro atoms. The van der Waals surface area contributed by atoms with Gasteiger partial charge in [0.25, 0.3) is 0 Å². The minimum atomic E-state index is -0.652. The Balaban J connectivity index is 1.88. The molecule has 0 atom stereocenters. The number of pyridine rings is 1. The highest BCUT2D eigenvalue weighted by Gasteiger charge is 2.29. The average molecular weight is 378 g/mol. The fraction of sp³-hybridized carbons (Fsp3) is 0.294. The van der Waals surface area contributed by atoms with E-state index in [1.165, 1.54) is 35.4 Å². The van der Waals surface area contributed by atoms with Crippen molar-refractivity contribution in [3.8, 4) is 0 Å². The minimum Gasteiger partial charge on any atom is -0.507 e. The number of carbonyl (C=O) groups excluding carboxylic acids is 2. The van der Waals surface area contributed by atoms with Gasteiger partial charge in [0.05, 0.1) is 17.0 Å². The number of aliphatic hydroxyl groups is 1. The van der Waals surface area contributed by atoms with Crippen molar-refractivity contribution in [2.75, 3.05) is 5.75 Å². The number of nitrogens with zero attached hydrogens (tertiary/aromatic N) is 2. The Hall–Kier alpha value is -2.06. The van der Waals surface area contributed by atoms with Crippen LogP contribution in [0.2, 0.25) is 0 Å². The largest absolute Gasteiger partial charge is 0.507 e. The number of thioether (sulfide) groups is 1. The van der Waals surface area contributed by atoms with Crippen LogP contribution in [0, 0.1) is 5.95 Å². The van der Waals surface area contributed by atoms with Gasteiger partial charge < -0.3 is 5.11 Å². The number of rotatable bonds is 4. The molecule has 2 aromatic heterocycles. The third kappa shape index (κ3) is 3.80. The third-order valence-electron chi connectivity index (χ3n) is 3.72. The van der Waals surface area contributed by atoms with Crippen LogP contribution in [0.4, 0.5) is 4.39 Å². The summed E-state index contributed by atoms with van der Waals surface area (Å²) in [4.78, 5) is 32.8. The highest BCUT2D eigenvalue weighted by molar-refractivity contribution is 8.13. The summed E-state index contributed by atoms with van der Waals surface area (Å²) < 4.78 is 12.9. The molecule has 0 bridgehead atoms. The van der Waals surface area contributed by atoms with Crippen molar-refractivity contribution in [2.24, 2.45) is 0 Å². The lowest BCUT2D eigenvalue weighted by Gasteiger charge is -2.14. The summed E-state index contributed by atoms with van der Waals surface area (Å²) in [6, 6.07) is 2.51. The quantitative estimate of drug-likeness (QED) is 0.497. The lowest BCUT2D eigenvalue weighted by Crippen LogP contribution is -2.14. The molecule has 1 aliphatic rings. The Morgan fingerprint density at radius 2 is 2.20 bits per heavy atom. The lowest BCUT2D eigenvalue weighted by molar-refractivity contribution is -0.110. The second-order valence-corrected chi connectivity index (χ2v) is 7.80. The van der Waals surface area contributed by atoms with E-state index in [1.54, 1.807) is 0 Å². The summed E-state index contributed by atoms with van der Waals surface area (Å²) in [5, 5.41) is 11.0. The lowest BCUT2D eigenvalue weighted by atomic mass is 9.93. The first-order valence-electron chi connectivity index (χ1n) is 7.72. The summed E-state index contributed by atoms with van der Waals surface area (Å²) in [5.41, 5.74) is 1.24. The van der Waals surface area contributed by atoms with Crippen LogP contribution in [0.15, 0.2) is 23.9 Å². The second-order valence-electron chi connectivity index (χ2n) is 5.39. The number of hydrogen-bond donors (Lipinski definition) is 1. The highest BCUT2D eigenvalue weighted by Crippen LogP contribution is 2.33. The van der Waals surface area contributed by atoms with Gasteiger partial charge in [-0.1, -0.05) is 18.7 Å². The number of halogens is 1. The van der Waals surface area contributed by atoms with Crippen LogP contribution < -0.4 is 0 Å². The molecule has 1 aliphatic carbocycles. The number of ketones is 1. The molecular weight excluding hydrogens is 363 g/mol. The zero-order valence-corrected chi connectivity index (χ0v) is 15.0. The Morgan fingerprint density at radius 3 is 2.88 bits per heavy atom. The second kappa shape index (κ2) is 7.45. The highest BCUT2D eigenvalue weighted by atomic mass is 32.2. The predicted molar refractivity (Wildman–Crippen MR) is 95.4 cm³/mol. The standard InChI is InChI=1S/C17H15FN2O3S2/c1-2-24-14(21)7-13-20-11-5-4-10(16(23)17(11)25-13)15(22)9-3-6-12(18)19-8-9/h3,6,8,22H,2,4-5,7H2,1H3. The van der Waals surface area contributed by atoms with Crippen LogP contribution in [-0.2, 0) is 17.6 Å². The zero-order chi connectivity index (χ0) is 18.0. The molecule has 5 nitrogen and oxygen atoms in total. The van der Waals surface area contributed by atoms with Crippen molar-refractivity contribution in [1.82, 2.24) is 9.97 Å². The van der Waals surface area contributed by atoms with Gasteiger partial charge in [0.2, 0.25) is 11.7 Å². The Kier molecular flexibility index (Phi) is 5.29. The van der Waals surface area contributed by atoms with Gasteiger partial charge in [-0.05, 0) is 30.7 Å². The summed E-state index contributed by atoms with van der Waals surface area (Å²) in [7, 11) is 0. The molecule has 0 unspecified atom stereocenters. The normalized spacial score (nSPS) is 15.8. The molecule has 0 aromatic carbocycles. The predicted octanol–water partition coefficient (Wildman–Crippen LogP) is 3.60. The van der Waals surface area contributed by atoms with Gasteiger partial charge in [0, 0.05) is 17.3 Å². The van der Waals surface area contributed by atoms with E-state index in [-0.39, 0.29) is 28.7 Å². The molecule has 2 heterocycles. The van der Waals surface area contributed by atoms with Gasteiger partial charge in [0.1, 0.15) is 10.8 Å². The number of aliphatic hydroxyl groups excluding tert-OH is 1. The van der Waals surface area contributed by atoms with Crippen LogP contribution in [0.25, 0.3) is 5.76 Å². The van der Waals surface area contributed by atoms with Crippen LogP contribution in [0.1, 0.15) is 39.3 Å². The molecule has 8 heteroatoms. The Labute approximate surface area is 152 Å². The first-order valence-corrected chi connectivity index (χ1v) is 9.52. The van der Waals surface area contributed by atoms with E-state index in [0.29, 0.717) is 39.7 Å². The molecule has 0 saturated heterocycles. The Morgan fingerprint density at radius 1 is 1.40 bits per heavy atom. The van der Waals surface area contributed by atoms with Gasteiger partial charge in [-0.2, -0.15) is 4.39 Å². The average Bonchev–Trinajstić information content (AvgIpc) is 2.99. The van der Waals surface area contributed by atoms with Gasteiger partial charge in [-0.15, -0.1) is 11.3 Å². The molecule has 1 N–H and O–H groups in total. The van der Waals surface area contributed by atoms with E-state index in [0.717, 1.165) is 6.07 Å². The van der Waals surface area contributed by atoms with Crippen LogP contribution in [-0.4, -0.2) is 31.7 Å². The number of fused-ring (bicyclic) bond motifs is 1.